The molecular weight excluding hydrogens is 470 g/mol. The summed E-state index contributed by atoms with van der Waals surface area (Å²) in [5.74, 6) is -2.62. The second kappa shape index (κ2) is 9.02. The number of nitrogens with zero attached hydrogens (tertiary/aromatic N) is 2. The molecule has 1 N–H and O–H groups in total. The quantitative estimate of drug-likeness (QED) is 0.524. The monoisotopic (exact) mass is 485 g/mol. The molecular formula is C20H15F4N3O5S. The van der Waals surface area contributed by atoms with Crippen molar-refractivity contribution in [3.8, 4) is 17.4 Å². The van der Waals surface area contributed by atoms with Gasteiger partial charge >= 0.3 is 6.18 Å². The Balaban J connectivity index is 2.02. The summed E-state index contributed by atoms with van der Waals surface area (Å²) < 4.78 is 86.7. The normalized spacial score (nSPS) is 11.7. The molecule has 33 heavy (non-hydrogen) atoms. The number of nitrogens with one attached hydrogen (secondary N) is 1. The van der Waals surface area contributed by atoms with Gasteiger partial charge in [0.2, 0.25) is 0 Å². The SMILES string of the molecule is COc1cc(F)ccc1Oc1nnc(C(F)(F)F)cc1C(=O)Nc1cccc(S(C)(=O)=O)c1. The van der Waals surface area contributed by atoms with Crippen LogP contribution in [0, 0.1) is 5.82 Å². The van der Waals surface area contributed by atoms with E-state index in [-0.39, 0.29) is 22.1 Å². The number of amides is 1. The smallest absolute Gasteiger partial charge is 0.435 e. The Kier molecular flexibility index (Phi) is 6.53. The number of hydrogen-bond acceptors (Lipinski definition) is 7. The van der Waals surface area contributed by atoms with Gasteiger partial charge in [-0.25, -0.2) is 12.8 Å². The minimum atomic E-state index is -4.91. The molecule has 0 spiro atoms. The lowest BCUT2D eigenvalue weighted by molar-refractivity contribution is -0.141. The van der Waals surface area contributed by atoms with Crippen LogP contribution in [0.25, 0.3) is 0 Å². The first-order chi connectivity index (χ1) is 15.4. The maximum Gasteiger partial charge on any atom is 0.435 e. The largest absolute Gasteiger partial charge is 0.493 e. The Morgan fingerprint density at radius 1 is 1.03 bits per heavy atom. The zero-order chi connectivity index (χ0) is 24.4. The molecule has 174 valence electrons. The van der Waals surface area contributed by atoms with Crippen molar-refractivity contribution < 1.29 is 40.2 Å². The molecule has 8 nitrogen and oxygen atoms in total. The van der Waals surface area contributed by atoms with Crippen molar-refractivity contribution in [1.82, 2.24) is 10.2 Å². The Bertz CT molecular complexity index is 1310. The van der Waals surface area contributed by atoms with Crippen molar-refractivity contribution in [2.24, 2.45) is 0 Å². The van der Waals surface area contributed by atoms with Crippen LogP contribution in [0.4, 0.5) is 23.2 Å². The second-order valence-electron chi connectivity index (χ2n) is 6.60. The van der Waals surface area contributed by atoms with Crippen LogP contribution in [-0.2, 0) is 16.0 Å². The summed E-state index contributed by atoms with van der Waals surface area (Å²) in [4.78, 5) is 12.7. The van der Waals surface area contributed by atoms with Crippen molar-refractivity contribution in [1.29, 1.82) is 0 Å². The summed E-state index contributed by atoms with van der Waals surface area (Å²) in [7, 11) is -2.39. The van der Waals surface area contributed by atoms with E-state index in [1.165, 1.54) is 25.3 Å². The highest BCUT2D eigenvalue weighted by molar-refractivity contribution is 7.90. The van der Waals surface area contributed by atoms with Crippen LogP contribution >= 0.6 is 0 Å². The predicted molar refractivity (Wildman–Crippen MR) is 108 cm³/mol. The van der Waals surface area contributed by atoms with Crippen LogP contribution in [0.3, 0.4) is 0 Å². The number of benzene rings is 2. The average Bonchev–Trinajstić information content (AvgIpc) is 2.74. The fourth-order valence-electron chi connectivity index (χ4n) is 2.59. The van der Waals surface area contributed by atoms with Crippen molar-refractivity contribution in [2.45, 2.75) is 11.1 Å². The van der Waals surface area contributed by atoms with E-state index in [0.29, 0.717) is 6.07 Å². The van der Waals surface area contributed by atoms with Gasteiger partial charge in [0.25, 0.3) is 11.8 Å². The molecule has 13 heteroatoms. The molecule has 0 aliphatic carbocycles. The maximum atomic E-state index is 13.4. The fourth-order valence-corrected chi connectivity index (χ4v) is 3.26. The van der Waals surface area contributed by atoms with Gasteiger partial charge in [-0.3, -0.25) is 4.79 Å². The molecule has 2 aromatic carbocycles. The number of aromatic nitrogens is 2. The summed E-state index contributed by atoms with van der Waals surface area (Å²) in [5.41, 5.74) is -2.12. The van der Waals surface area contributed by atoms with Crippen LogP contribution in [0.5, 0.6) is 17.4 Å². The van der Waals surface area contributed by atoms with Gasteiger partial charge < -0.3 is 14.8 Å². The van der Waals surface area contributed by atoms with Crippen molar-refractivity contribution in [2.75, 3.05) is 18.7 Å². The lowest BCUT2D eigenvalue weighted by Gasteiger charge is -2.14. The number of halogens is 4. The molecule has 0 saturated carbocycles. The van der Waals surface area contributed by atoms with Gasteiger partial charge in [0.15, 0.2) is 27.0 Å². The summed E-state index contributed by atoms with van der Waals surface area (Å²) in [5, 5.41) is 8.70. The Labute approximate surface area is 185 Å². The van der Waals surface area contributed by atoms with E-state index in [9.17, 15) is 30.8 Å². The third kappa shape index (κ3) is 5.74. The standard InChI is InChI=1S/C20H15F4N3O5S/c1-31-16-8-11(21)6-7-15(16)32-19-14(10-17(26-27-19)20(22,23)24)18(28)25-12-4-3-5-13(9-12)33(2,29)30/h3-10H,1-2H3,(H,25,28). The van der Waals surface area contributed by atoms with Crippen LogP contribution in [0.2, 0.25) is 0 Å². The molecule has 0 bridgehead atoms. The van der Waals surface area contributed by atoms with Crippen molar-refractivity contribution >= 4 is 21.4 Å². The molecule has 0 aliphatic heterocycles. The molecule has 0 fully saturated rings. The van der Waals surface area contributed by atoms with E-state index < -0.39 is 44.9 Å². The molecule has 1 heterocycles. The molecule has 0 atom stereocenters. The number of sulfone groups is 1. The van der Waals surface area contributed by atoms with E-state index in [2.05, 4.69) is 15.5 Å². The van der Waals surface area contributed by atoms with E-state index in [4.69, 9.17) is 9.47 Å². The van der Waals surface area contributed by atoms with Crippen molar-refractivity contribution in [3.05, 3.63) is 65.6 Å². The van der Waals surface area contributed by atoms with E-state index in [0.717, 1.165) is 30.5 Å². The highest BCUT2D eigenvalue weighted by atomic mass is 32.2. The lowest BCUT2D eigenvalue weighted by Crippen LogP contribution is -2.18. The predicted octanol–water partition coefficient (Wildman–Crippen LogP) is 4.09. The number of ether oxygens (including phenoxy) is 2. The van der Waals surface area contributed by atoms with Gasteiger partial charge in [0, 0.05) is 18.0 Å². The number of anilines is 1. The molecule has 0 unspecified atom stereocenters. The third-order valence-corrected chi connectivity index (χ3v) is 5.26. The Morgan fingerprint density at radius 3 is 2.39 bits per heavy atom. The Hall–Kier alpha value is -3.74. The molecule has 3 rings (SSSR count). The van der Waals surface area contributed by atoms with Gasteiger partial charge in [0.1, 0.15) is 11.4 Å². The van der Waals surface area contributed by atoms with Crippen LogP contribution in [0.1, 0.15) is 16.1 Å². The highest BCUT2D eigenvalue weighted by Crippen LogP contribution is 2.35. The molecule has 1 amide bonds. The number of carbonyl (C=O) groups is 1. The highest BCUT2D eigenvalue weighted by Gasteiger charge is 2.35. The van der Waals surface area contributed by atoms with Gasteiger partial charge in [0.05, 0.1) is 12.0 Å². The fraction of sp³-hybridized carbons (Fsp3) is 0.150. The number of rotatable bonds is 6. The van der Waals surface area contributed by atoms with Gasteiger partial charge in [-0.05, 0) is 36.4 Å². The summed E-state index contributed by atoms with van der Waals surface area (Å²) in [6.45, 7) is 0. The first-order valence-electron chi connectivity index (χ1n) is 8.96. The van der Waals surface area contributed by atoms with E-state index in [1.807, 2.05) is 0 Å². The third-order valence-electron chi connectivity index (χ3n) is 4.15. The first-order valence-corrected chi connectivity index (χ1v) is 10.9. The van der Waals surface area contributed by atoms with Crippen molar-refractivity contribution in [3.63, 3.8) is 0 Å². The molecule has 3 aromatic rings. The second-order valence-corrected chi connectivity index (χ2v) is 8.61. The zero-order valence-corrected chi connectivity index (χ0v) is 17.8. The molecule has 0 radical (unpaired) electrons. The first kappa shape index (κ1) is 23.9. The summed E-state index contributed by atoms with van der Waals surface area (Å²) in [6, 6.07) is 8.63. The summed E-state index contributed by atoms with van der Waals surface area (Å²) >= 11 is 0. The number of alkyl halides is 3. The van der Waals surface area contributed by atoms with Crippen LogP contribution in [0.15, 0.2) is 53.4 Å². The topological polar surface area (TPSA) is 107 Å². The average molecular weight is 485 g/mol. The Morgan fingerprint density at radius 2 is 1.76 bits per heavy atom. The zero-order valence-electron chi connectivity index (χ0n) is 17.0. The van der Waals surface area contributed by atoms with Gasteiger partial charge in [-0.2, -0.15) is 13.2 Å². The van der Waals surface area contributed by atoms with E-state index >= 15 is 0 Å². The maximum absolute atomic E-state index is 13.4. The van der Waals surface area contributed by atoms with Crippen LogP contribution < -0.4 is 14.8 Å². The minimum absolute atomic E-state index is 0.00129. The molecule has 0 aliphatic rings. The van der Waals surface area contributed by atoms with Gasteiger partial charge in [-0.1, -0.05) is 6.07 Å². The number of hydrogen-bond donors (Lipinski definition) is 1. The number of methoxy groups -OCH3 is 1. The number of carbonyl (C=O) groups excluding carboxylic acids is 1. The minimum Gasteiger partial charge on any atom is -0.493 e. The summed E-state index contributed by atoms with van der Waals surface area (Å²) in [6.07, 6.45) is -3.96. The van der Waals surface area contributed by atoms with Gasteiger partial charge in [-0.15, -0.1) is 10.2 Å². The molecule has 0 saturated heterocycles. The molecule has 1 aromatic heterocycles. The van der Waals surface area contributed by atoms with Crippen LogP contribution in [-0.4, -0.2) is 37.9 Å². The van der Waals surface area contributed by atoms with E-state index in [1.54, 1.807) is 0 Å². The lowest BCUT2D eigenvalue weighted by atomic mass is 10.2.